The minimum atomic E-state index is 0.216. The lowest BCUT2D eigenvalue weighted by atomic mass is 9.94. The van der Waals surface area contributed by atoms with Crippen molar-refractivity contribution >= 4 is 33.6 Å². The predicted octanol–water partition coefficient (Wildman–Crippen LogP) is 9.46. The van der Waals surface area contributed by atoms with Crippen molar-refractivity contribution in [3.05, 3.63) is 115 Å². The normalized spacial score (nSPS) is 12.1. The first kappa shape index (κ1) is 22.1. The summed E-state index contributed by atoms with van der Waals surface area (Å²) < 4.78 is 6.22. The number of hydrogen-bond donors (Lipinski definition) is 0. The molecular formula is C33H27NO2. The molecule has 36 heavy (non-hydrogen) atoms. The van der Waals surface area contributed by atoms with Crippen molar-refractivity contribution in [1.82, 2.24) is 0 Å². The number of unbranched alkanes of at least 4 members (excludes halogenated alkanes) is 1. The standard InChI is InChI=1S/C33H27NO2/c1-2-3-14-31(35)24-19-17-23(18-20-24)25-21-22-28(27-11-5-4-10-26(25)27)34-29-12-6-8-15-32(29)36-33-16-9-7-13-30(33)34/h4-13,15-22H,2-3,14H2,1H3. The maximum Gasteiger partial charge on any atom is 0.162 e. The van der Waals surface area contributed by atoms with Gasteiger partial charge in [0.2, 0.25) is 0 Å². The summed E-state index contributed by atoms with van der Waals surface area (Å²) in [5.41, 5.74) is 6.18. The number of ketones is 1. The van der Waals surface area contributed by atoms with Crippen LogP contribution < -0.4 is 9.64 Å². The molecule has 0 aromatic heterocycles. The molecule has 3 nitrogen and oxygen atoms in total. The van der Waals surface area contributed by atoms with Gasteiger partial charge in [-0.05, 0) is 53.3 Å². The van der Waals surface area contributed by atoms with Gasteiger partial charge in [-0.3, -0.25) is 4.79 Å². The first-order chi connectivity index (χ1) is 17.7. The van der Waals surface area contributed by atoms with Gasteiger partial charge in [-0.1, -0.05) is 92.2 Å². The molecule has 1 aliphatic heterocycles. The summed E-state index contributed by atoms with van der Waals surface area (Å²) in [7, 11) is 0. The number of para-hydroxylation sites is 4. The largest absolute Gasteiger partial charge is 0.453 e. The zero-order valence-corrected chi connectivity index (χ0v) is 20.3. The zero-order valence-electron chi connectivity index (χ0n) is 20.3. The molecule has 0 aliphatic carbocycles. The number of rotatable bonds is 6. The van der Waals surface area contributed by atoms with E-state index in [-0.39, 0.29) is 5.78 Å². The molecule has 5 aromatic rings. The highest BCUT2D eigenvalue weighted by atomic mass is 16.5. The van der Waals surface area contributed by atoms with E-state index in [1.54, 1.807) is 0 Å². The highest BCUT2D eigenvalue weighted by molar-refractivity contribution is 6.07. The Bertz CT molecular complexity index is 1520. The molecule has 0 fully saturated rings. The van der Waals surface area contributed by atoms with Crippen molar-refractivity contribution in [2.45, 2.75) is 26.2 Å². The van der Waals surface area contributed by atoms with Crippen molar-refractivity contribution in [2.24, 2.45) is 0 Å². The molecule has 1 aliphatic rings. The fourth-order valence-electron chi connectivity index (χ4n) is 5.01. The molecule has 0 atom stereocenters. The van der Waals surface area contributed by atoms with Crippen LogP contribution in [-0.2, 0) is 0 Å². The third-order valence-corrected chi connectivity index (χ3v) is 6.85. The van der Waals surface area contributed by atoms with Gasteiger partial charge in [-0.2, -0.15) is 0 Å². The number of Topliss-reactive ketones (excluding diaryl/α,β-unsaturated/α-hetero) is 1. The summed E-state index contributed by atoms with van der Waals surface area (Å²) in [6, 6.07) is 37.3. The molecule has 0 N–H and O–H groups in total. The Morgan fingerprint density at radius 3 is 1.94 bits per heavy atom. The van der Waals surface area contributed by atoms with Crippen LogP contribution in [0.25, 0.3) is 21.9 Å². The summed E-state index contributed by atoms with van der Waals surface area (Å²) in [6.07, 6.45) is 2.57. The molecule has 0 unspecified atom stereocenters. The Morgan fingerprint density at radius 2 is 1.28 bits per heavy atom. The molecule has 6 rings (SSSR count). The Labute approximate surface area is 211 Å². The SMILES string of the molecule is CCCCC(=O)c1ccc(-c2ccc(N3c4ccccc4Oc4ccccc43)c3ccccc23)cc1. The van der Waals surface area contributed by atoms with Gasteiger partial charge in [0.1, 0.15) is 0 Å². The minimum absolute atomic E-state index is 0.216. The second-order valence-electron chi connectivity index (χ2n) is 9.15. The highest BCUT2D eigenvalue weighted by Crippen LogP contribution is 2.52. The lowest BCUT2D eigenvalue weighted by Gasteiger charge is -2.33. The van der Waals surface area contributed by atoms with E-state index >= 15 is 0 Å². The fraction of sp³-hybridized carbons (Fsp3) is 0.121. The van der Waals surface area contributed by atoms with E-state index < -0.39 is 0 Å². The highest BCUT2D eigenvalue weighted by Gasteiger charge is 2.26. The molecule has 176 valence electrons. The monoisotopic (exact) mass is 469 g/mol. The Morgan fingerprint density at radius 1 is 0.667 bits per heavy atom. The summed E-state index contributed by atoms with van der Waals surface area (Å²) in [6.45, 7) is 2.11. The van der Waals surface area contributed by atoms with Crippen LogP contribution in [0.5, 0.6) is 11.5 Å². The van der Waals surface area contributed by atoms with Gasteiger partial charge in [0.25, 0.3) is 0 Å². The van der Waals surface area contributed by atoms with Gasteiger partial charge in [0, 0.05) is 17.4 Å². The fourth-order valence-corrected chi connectivity index (χ4v) is 5.01. The van der Waals surface area contributed by atoms with Crippen LogP contribution in [0.1, 0.15) is 36.5 Å². The van der Waals surface area contributed by atoms with Gasteiger partial charge in [-0.15, -0.1) is 0 Å². The van der Waals surface area contributed by atoms with Gasteiger partial charge in [0.15, 0.2) is 17.3 Å². The number of ether oxygens (including phenoxy) is 1. The number of anilines is 3. The van der Waals surface area contributed by atoms with Gasteiger partial charge in [-0.25, -0.2) is 0 Å². The summed E-state index contributed by atoms with van der Waals surface area (Å²) in [4.78, 5) is 14.8. The lowest BCUT2D eigenvalue weighted by molar-refractivity contribution is 0.0980. The maximum atomic E-state index is 12.5. The summed E-state index contributed by atoms with van der Waals surface area (Å²) in [5, 5.41) is 2.33. The Hall–Kier alpha value is -4.37. The molecular weight excluding hydrogens is 442 g/mol. The molecule has 0 bridgehead atoms. The summed E-state index contributed by atoms with van der Waals surface area (Å²) >= 11 is 0. The van der Waals surface area contributed by atoms with Crippen molar-refractivity contribution in [1.29, 1.82) is 0 Å². The van der Waals surface area contributed by atoms with E-state index in [9.17, 15) is 4.79 Å². The van der Waals surface area contributed by atoms with Crippen LogP contribution in [0.15, 0.2) is 109 Å². The van der Waals surface area contributed by atoms with Crippen molar-refractivity contribution in [3.63, 3.8) is 0 Å². The topological polar surface area (TPSA) is 29.5 Å². The predicted molar refractivity (Wildman–Crippen MR) is 148 cm³/mol. The van der Waals surface area contributed by atoms with Crippen LogP contribution >= 0.6 is 0 Å². The second-order valence-corrected chi connectivity index (χ2v) is 9.15. The van der Waals surface area contributed by atoms with Crippen LogP contribution in [0, 0.1) is 0 Å². The van der Waals surface area contributed by atoms with Crippen LogP contribution in [-0.4, -0.2) is 5.78 Å². The van der Waals surface area contributed by atoms with Gasteiger partial charge < -0.3 is 9.64 Å². The number of carbonyl (C=O) groups excluding carboxylic acids is 1. The molecule has 5 aromatic carbocycles. The average molecular weight is 470 g/mol. The van der Waals surface area contributed by atoms with E-state index in [0.717, 1.165) is 63.5 Å². The molecule has 3 heteroatoms. The number of carbonyl (C=O) groups is 1. The van der Waals surface area contributed by atoms with E-state index in [1.165, 1.54) is 5.39 Å². The van der Waals surface area contributed by atoms with Crippen LogP contribution in [0.2, 0.25) is 0 Å². The lowest BCUT2D eigenvalue weighted by Crippen LogP contribution is -2.16. The third kappa shape index (κ3) is 3.83. The van der Waals surface area contributed by atoms with E-state index in [4.69, 9.17) is 4.74 Å². The first-order valence-electron chi connectivity index (χ1n) is 12.6. The van der Waals surface area contributed by atoms with E-state index in [0.29, 0.717) is 6.42 Å². The third-order valence-electron chi connectivity index (χ3n) is 6.85. The molecule has 1 heterocycles. The van der Waals surface area contributed by atoms with Gasteiger partial charge in [0.05, 0.1) is 17.1 Å². The summed E-state index contributed by atoms with van der Waals surface area (Å²) in [5.74, 6) is 1.90. The first-order valence-corrected chi connectivity index (χ1v) is 12.6. The van der Waals surface area contributed by atoms with Crippen LogP contribution in [0.4, 0.5) is 17.1 Å². The zero-order chi connectivity index (χ0) is 24.5. The van der Waals surface area contributed by atoms with Crippen molar-refractivity contribution in [3.8, 4) is 22.6 Å². The molecule has 0 spiro atoms. The maximum absolute atomic E-state index is 12.5. The Kier molecular flexibility index (Phi) is 5.74. The molecule has 0 saturated carbocycles. The van der Waals surface area contributed by atoms with Gasteiger partial charge >= 0.3 is 0 Å². The quantitative estimate of drug-likeness (QED) is 0.228. The number of benzene rings is 5. The smallest absolute Gasteiger partial charge is 0.162 e. The van der Waals surface area contributed by atoms with Crippen molar-refractivity contribution < 1.29 is 9.53 Å². The molecule has 0 radical (unpaired) electrons. The minimum Gasteiger partial charge on any atom is -0.453 e. The van der Waals surface area contributed by atoms with E-state index in [1.807, 2.05) is 48.5 Å². The van der Waals surface area contributed by atoms with Crippen LogP contribution in [0.3, 0.4) is 0 Å². The van der Waals surface area contributed by atoms with Crippen molar-refractivity contribution in [2.75, 3.05) is 4.90 Å². The number of fused-ring (bicyclic) bond motifs is 3. The molecule has 0 amide bonds. The Balaban J connectivity index is 1.47. The van der Waals surface area contributed by atoms with E-state index in [2.05, 4.69) is 72.5 Å². The second kappa shape index (κ2) is 9.35. The average Bonchev–Trinajstić information content (AvgIpc) is 2.94. The molecule has 0 saturated heterocycles. The number of hydrogen-bond acceptors (Lipinski definition) is 3. The number of nitrogens with zero attached hydrogens (tertiary/aromatic N) is 1.